The van der Waals surface area contributed by atoms with Crippen molar-refractivity contribution in [2.45, 2.75) is 25.7 Å². The largest absolute Gasteiger partial charge is 0.493 e. The van der Waals surface area contributed by atoms with Crippen LogP contribution in [-0.2, 0) is 13.5 Å². The molecule has 3 nitrogen and oxygen atoms in total. The monoisotopic (exact) mass is 244 g/mol. The van der Waals surface area contributed by atoms with Crippen LogP contribution in [0.5, 0.6) is 5.75 Å². The van der Waals surface area contributed by atoms with Gasteiger partial charge in [-0.3, -0.25) is 0 Å². The number of hydrogen-bond donors (Lipinski definition) is 1. The average Bonchev–Trinajstić information content (AvgIpc) is 2.76. The van der Waals surface area contributed by atoms with E-state index < -0.39 is 0 Å². The Morgan fingerprint density at radius 1 is 1.44 bits per heavy atom. The molecule has 0 aliphatic carbocycles. The quantitative estimate of drug-likeness (QED) is 0.882. The third-order valence-electron chi connectivity index (χ3n) is 3.96. The molecule has 0 fully saturated rings. The molecule has 0 amide bonds. The summed E-state index contributed by atoms with van der Waals surface area (Å²) in [6, 6.07) is 4.26. The van der Waals surface area contributed by atoms with E-state index in [0.717, 1.165) is 25.2 Å². The first kappa shape index (κ1) is 11.6. The van der Waals surface area contributed by atoms with E-state index in [1.54, 1.807) is 0 Å². The van der Waals surface area contributed by atoms with Crippen LogP contribution >= 0.6 is 0 Å². The highest BCUT2D eigenvalue weighted by atomic mass is 16.5. The summed E-state index contributed by atoms with van der Waals surface area (Å²) in [7, 11) is 2.10. The Morgan fingerprint density at radius 2 is 2.28 bits per heavy atom. The number of nitrogens with zero attached hydrogens (tertiary/aromatic N) is 1. The van der Waals surface area contributed by atoms with E-state index in [1.165, 1.54) is 22.0 Å². The summed E-state index contributed by atoms with van der Waals surface area (Å²) in [5.41, 5.74) is 9.86. The maximum atomic E-state index is 5.84. The molecule has 1 aromatic carbocycles. The Labute approximate surface area is 108 Å². The van der Waals surface area contributed by atoms with Gasteiger partial charge in [0.05, 0.1) is 6.61 Å². The van der Waals surface area contributed by atoms with Gasteiger partial charge < -0.3 is 15.0 Å². The fourth-order valence-corrected chi connectivity index (χ4v) is 2.89. The van der Waals surface area contributed by atoms with Crippen LogP contribution in [0.3, 0.4) is 0 Å². The molecule has 0 bridgehead atoms. The summed E-state index contributed by atoms with van der Waals surface area (Å²) >= 11 is 0. The Kier molecular flexibility index (Phi) is 2.78. The zero-order valence-electron chi connectivity index (χ0n) is 11.1. The summed E-state index contributed by atoms with van der Waals surface area (Å²) in [5.74, 6) is 1.45. The highest BCUT2D eigenvalue weighted by Crippen LogP contribution is 2.37. The van der Waals surface area contributed by atoms with Crippen LogP contribution in [0.25, 0.3) is 10.9 Å². The van der Waals surface area contributed by atoms with Crippen molar-refractivity contribution in [3.8, 4) is 5.75 Å². The van der Waals surface area contributed by atoms with Gasteiger partial charge in [-0.15, -0.1) is 0 Å². The number of aromatic nitrogens is 1. The minimum Gasteiger partial charge on any atom is -0.493 e. The first-order valence-corrected chi connectivity index (χ1v) is 6.66. The summed E-state index contributed by atoms with van der Waals surface area (Å²) in [5, 5.41) is 1.37. The van der Waals surface area contributed by atoms with E-state index in [9.17, 15) is 0 Å². The molecule has 0 saturated carbocycles. The zero-order chi connectivity index (χ0) is 12.7. The number of ether oxygens (including phenoxy) is 1. The van der Waals surface area contributed by atoms with Crippen molar-refractivity contribution >= 4 is 10.9 Å². The second-order valence-electron chi connectivity index (χ2n) is 5.22. The molecule has 0 saturated heterocycles. The van der Waals surface area contributed by atoms with Gasteiger partial charge in [0.25, 0.3) is 0 Å². The molecule has 3 rings (SSSR count). The van der Waals surface area contributed by atoms with Gasteiger partial charge in [-0.1, -0.05) is 6.92 Å². The molecule has 96 valence electrons. The van der Waals surface area contributed by atoms with Gasteiger partial charge in [-0.2, -0.15) is 0 Å². The third-order valence-corrected chi connectivity index (χ3v) is 3.96. The van der Waals surface area contributed by atoms with Crippen molar-refractivity contribution in [3.05, 3.63) is 29.5 Å². The predicted molar refractivity (Wildman–Crippen MR) is 74.2 cm³/mol. The standard InChI is InChI=1S/C15H20N2O/c1-10(8-16)12-9-17(2)13-5-6-14-11(15(12)13)4-3-7-18-14/h5-6,9-10H,3-4,7-8,16H2,1-2H3. The molecule has 18 heavy (non-hydrogen) atoms. The molecular formula is C15H20N2O. The lowest BCUT2D eigenvalue weighted by Gasteiger charge is -2.19. The number of fused-ring (bicyclic) bond motifs is 3. The van der Waals surface area contributed by atoms with Crippen LogP contribution in [0.1, 0.15) is 30.4 Å². The fraction of sp³-hybridized carbons (Fsp3) is 0.467. The molecule has 1 aliphatic heterocycles. The summed E-state index contributed by atoms with van der Waals surface area (Å²) in [6.07, 6.45) is 4.44. The van der Waals surface area contributed by atoms with E-state index in [1.807, 2.05) is 0 Å². The van der Waals surface area contributed by atoms with Crippen molar-refractivity contribution in [2.75, 3.05) is 13.2 Å². The summed E-state index contributed by atoms with van der Waals surface area (Å²) < 4.78 is 7.97. The van der Waals surface area contributed by atoms with E-state index in [4.69, 9.17) is 10.5 Å². The Balaban J connectivity index is 2.30. The summed E-state index contributed by atoms with van der Waals surface area (Å²) in [6.45, 7) is 3.72. The zero-order valence-corrected chi connectivity index (χ0v) is 11.1. The normalized spacial score (nSPS) is 16.4. The number of aryl methyl sites for hydroxylation is 2. The first-order valence-electron chi connectivity index (χ1n) is 6.66. The van der Waals surface area contributed by atoms with E-state index in [2.05, 4.69) is 36.9 Å². The maximum absolute atomic E-state index is 5.84. The first-order chi connectivity index (χ1) is 8.72. The van der Waals surface area contributed by atoms with Crippen LogP contribution in [0.4, 0.5) is 0 Å². The van der Waals surface area contributed by atoms with Crippen LogP contribution in [0.15, 0.2) is 18.3 Å². The van der Waals surface area contributed by atoms with Crippen molar-refractivity contribution in [1.29, 1.82) is 0 Å². The predicted octanol–water partition coefficient (Wildman–Crippen LogP) is 2.57. The Hall–Kier alpha value is -1.48. The molecule has 0 spiro atoms. The van der Waals surface area contributed by atoms with Gasteiger partial charge in [0.15, 0.2) is 0 Å². The van der Waals surface area contributed by atoms with E-state index in [-0.39, 0.29) is 0 Å². The smallest absolute Gasteiger partial charge is 0.123 e. The lowest BCUT2D eigenvalue weighted by Crippen LogP contribution is -2.11. The van der Waals surface area contributed by atoms with Gasteiger partial charge in [0.2, 0.25) is 0 Å². The van der Waals surface area contributed by atoms with Crippen molar-refractivity contribution in [2.24, 2.45) is 12.8 Å². The fourth-order valence-electron chi connectivity index (χ4n) is 2.89. The van der Waals surface area contributed by atoms with E-state index in [0.29, 0.717) is 12.5 Å². The lowest BCUT2D eigenvalue weighted by atomic mass is 9.94. The van der Waals surface area contributed by atoms with Gasteiger partial charge in [0, 0.05) is 29.7 Å². The van der Waals surface area contributed by atoms with Crippen molar-refractivity contribution in [1.82, 2.24) is 4.57 Å². The third kappa shape index (κ3) is 1.62. The highest BCUT2D eigenvalue weighted by molar-refractivity contribution is 5.90. The number of nitrogens with two attached hydrogens (primary N) is 1. The minimum atomic E-state index is 0.391. The molecule has 1 aliphatic rings. The lowest BCUT2D eigenvalue weighted by molar-refractivity contribution is 0.289. The van der Waals surface area contributed by atoms with Gasteiger partial charge in [-0.25, -0.2) is 0 Å². The highest BCUT2D eigenvalue weighted by Gasteiger charge is 2.20. The van der Waals surface area contributed by atoms with Crippen LogP contribution in [0.2, 0.25) is 0 Å². The molecule has 1 unspecified atom stereocenters. The van der Waals surface area contributed by atoms with Gasteiger partial charge in [0.1, 0.15) is 5.75 Å². The molecular weight excluding hydrogens is 224 g/mol. The topological polar surface area (TPSA) is 40.2 Å². The molecule has 1 aromatic heterocycles. The Morgan fingerprint density at radius 3 is 3.06 bits per heavy atom. The number of benzene rings is 1. The molecule has 1 atom stereocenters. The van der Waals surface area contributed by atoms with E-state index >= 15 is 0 Å². The van der Waals surface area contributed by atoms with Crippen LogP contribution in [0, 0.1) is 0 Å². The maximum Gasteiger partial charge on any atom is 0.123 e. The van der Waals surface area contributed by atoms with Crippen molar-refractivity contribution in [3.63, 3.8) is 0 Å². The second-order valence-corrected chi connectivity index (χ2v) is 5.22. The average molecular weight is 244 g/mol. The van der Waals surface area contributed by atoms with Gasteiger partial charge in [-0.05, 0) is 43.0 Å². The summed E-state index contributed by atoms with van der Waals surface area (Å²) in [4.78, 5) is 0. The molecule has 3 heteroatoms. The SMILES string of the molecule is CC(CN)c1cn(C)c2ccc3c(c12)CCCO3. The van der Waals surface area contributed by atoms with Gasteiger partial charge >= 0.3 is 0 Å². The second kappa shape index (κ2) is 4.32. The number of rotatable bonds is 2. The number of hydrogen-bond acceptors (Lipinski definition) is 2. The molecule has 2 N–H and O–H groups in total. The minimum absolute atomic E-state index is 0.391. The Bertz CT molecular complexity index is 586. The molecule has 2 aromatic rings. The van der Waals surface area contributed by atoms with Crippen LogP contribution in [-0.4, -0.2) is 17.7 Å². The van der Waals surface area contributed by atoms with Crippen LogP contribution < -0.4 is 10.5 Å². The van der Waals surface area contributed by atoms with Crippen molar-refractivity contribution < 1.29 is 4.74 Å². The molecule has 0 radical (unpaired) electrons. The molecule has 2 heterocycles.